The van der Waals surface area contributed by atoms with Gasteiger partial charge >= 0.3 is 0 Å². The monoisotopic (exact) mass is 732 g/mol. The Bertz CT molecular complexity index is 1970. The first-order valence-electron chi connectivity index (χ1n) is 17.9. The van der Waals surface area contributed by atoms with Crippen molar-refractivity contribution >= 4 is 38.6 Å². The number of nitrogens with one attached hydrogen (secondary N) is 1. The zero-order valence-electron chi connectivity index (χ0n) is 30.4. The predicted molar refractivity (Wildman–Crippen MR) is 197 cm³/mol. The molecule has 3 atom stereocenters. The molecule has 1 saturated carbocycles. The summed E-state index contributed by atoms with van der Waals surface area (Å²) >= 11 is 0. The number of sulfonamides is 1. The Morgan fingerprint density at radius 3 is 2.17 bits per heavy atom. The van der Waals surface area contributed by atoms with E-state index < -0.39 is 33.9 Å². The molecular formula is C38H48N6O7S. The fourth-order valence-corrected chi connectivity index (χ4v) is 9.13. The molecule has 1 saturated heterocycles. The summed E-state index contributed by atoms with van der Waals surface area (Å²) in [6, 6.07) is 14.5. The Morgan fingerprint density at radius 2 is 1.54 bits per heavy atom. The summed E-state index contributed by atoms with van der Waals surface area (Å²) in [6.45, 7) is 4.08. The quantitative estimate of drug-likeness (QED) is 0.191. The van der Waals surface area contributed by atoms with Gasteiger partial charge in [0.25, 0.3) is 5.91 Å². The lowest BCUT2D eigenvalue weighted by atomic mass is 9.94. The van der Waals surface area contributed by atoms with E-state index in [-0.39, 0.29) is 17.0 Å². The van der Waals surface area contributed by atoms with Gasteiger partial charge in [0.1, 0.15) is 17.6 Å². The van der Waals surface area contributed by atoms with Crippen LogP contribution in [0, 0.1) is 0 Å². The fraction of sp³-hybridized carbons (Fsp3) is 0.474. The summed E-state index contributed by atoms with van der Waals surface area (Å²) in [5, 5.41) is 11.8. The van der Waals surface area contributed by atoms with Crippen LogP contribution in [0.5, 0.6) is 17.2 Å². The van der Waals surface area contributed by atoms with Crippen LogP contribution in [0.25, 0.3) is 11.0 Å². The zero-order chi connectivity index (χ0) is 37.0. The van der Waals surface area contributed by atoms with Gasteiger partial charge in [-0.1, -0.05) is 43.0 Å². The first-order chi connectivity index (χ1) is 25.1. The summed E-state index contributed by atoms with van der Waals surface area (Å²) < 4.78 is 47.7. The number of piperidine rings is 1. The number of benzene rings is 3. The Kier molecular flexibility index (Phi) is 11.3. The molecule has 4 aromatic rings. The molecule has 3 aromatic carbocycles. The Balaban J connectivity index is 1.50. The highest BCUT2D eigenvalue weighted by Gasteiger charge is 2.39. The molecule has 1 aliphatic heterocycles. The molecule has 2 fully saturated rings. The van der Waals surface area contributed by atoms with Gasteiger partial charge in [0.2, 0.25) is 21.7 Å². The minimum absolute atomic E-state index is 0.0709. The number of ether oxygens (including phenoxy) is 3. The number of hydrogen-bond donors (Lipinski definition) is 1. The second-order valence-corrected chi connectivity index (χ2v) is 15.5. The van der Waals surface area contributed by atoms with Crippen molar-refractivity contribution in [2.45, 2.75) is 94.3 Å². The molecule has 2 amide bonds. The van der Waals surface area contributed by atoms with Gasteiger partial charge in [0.05, 0.1) is 31.7 Å². The largest absolute Gasteiger partial charge is 0.493 e. The van der Waals surface area contributed by atoms with Crippen LogP contribution >= 0.6 is 0 Å². The van der Waals surface area contributed by atoms with Gasteiger partial charge in [0.15, 0.2) is 11.5 Å². The van der Waals surface area contributed by atoms with Crippen molar-refractivity contribution in [1.29, 1.82) is 0 Å². The zero-order valence-corrected chi connectivity index (χ0v) is 31.3. The third kappa shape index (κ3) is 7.31. The van der Waals surface area contributed by atoms with Crippen LogP contribution in [0.2, 0.25) is 0 Å². The number of hydrogen-bond acceptors (Lipinski definition) is 9. The molecule has 52 heavy (non-hydrogen) atoms. The lowest BCUT2D eigenvalue weighted by Gasteiger charge is -2.35. The number of methoxy groups -OCH3 is 3. The maximum absolute atomic E-state index is 15.0. The maximum Gasteiger partial charge on any atom is 0.252 e. The predicted octanol–water partition coefficient (Wildman–Crippen LogP) is 5.80. The van der Waals surface area contributed by atoms with Crippen molar-refractivity contribution in [2.75, 3.05) is 32.8 Å². The van der Waals surface area contributed by atoms with Crippen LogP contribution in [-0.4, -0.2) is 79.5 Å². The molecule has 13 nitrogen and oxygen atoms in total. The first kappa shape index (κ1) is 37.1. The Morgan fingerprint density at radius 1 is 0.885 bits per heavy atom. The molecule has 1 aromatic heterocycles. The van der Waals surface area contributed by atoms with Crippen LogP contribution in [0.15, 0.2) is 65.6 Å². The van der Waals surface area contributed by atoms with Crippen LogP contribution in [0.4, 0.5) is 5.69 Å². The third-order valence-electron chi connectivity index (χ3n) is 10.3. The summed E-state index contributed by atoms with van der Waals surface area (Å²) in [4.78, 5) is 31.3. The van der Waals surface area contributed by atoms with Crippen LogP contribution in [-0.2, 0) is 19.6 Å². The summed E-state index contributed by atoms with van der Waals surface area (Å²) in [5.74, 6) is 0.0961. The topological polar surface area (TPSA) is 145 Å². The molecule has 2 aliphatic rings. The van der Waals surface area contributed by atoms with Gasteiger partial charge in [-0.2, -0.15) is 4.31 Å². The van der Waals surface area contributed by atoms with Crippen molar-refractivity contribution < 1.29 is 32.2 Å². The molecular weight excluding hydrogens is 685 g/mol. The van der Waals surface area contributed by atoms with Crippen molar-refractivity contribution in [3.63, 3.8) is 0 Å². The van der Waals surface area contributed by atoms with Crippen molar-refractivity contribution in [2.24, 2.45) is 0 Å². The average Bonchev–Trinajstić information content (AvgIpc) is 3.60. The van der Waals surface area contributed by atoms with E-state index in [1.165, 1.54) is 43.0 Å². The summed E-state index contributed by atoms with van der Waals surface area (Å²) in [5.41, 5.74) is 2.00. The van der Waals surface area contributed by atoms with Crippen molar-refractivity contribution in [3.05, 3.63) is 66.2 Å². The van der Waals surface area contributed by atoms with E-state index in [9.17, 15) is 13.2 Å². The van der Waals surface area contributed by atoms with E-state index >= 15 is 4.79 Å². The molecule has 0 unspecified atom stereocenters. The number of anilines is 1. The Labute approximate surface area is 305 Å². The molecule has 0 radical (unpaired) electrons. The number of para-hydroxylation sites is 1. The Hall–Kier alpha value is -4.69. The van der Waals surface area contributed by atoms with E-state index in [2.05, 4.69) is 15.6 Å². The number of nitrogens with zero attached hydrogens (tertiary/aromatic N) is 5. The van der Waals surface area contributed by atoms with Gasteiger partial charge in [-0.3, -0.25) is 14.5 Å². The van der Waals surface area contributed by atoms with Gasteiger partial charge < -0.3 is 19.5 Å². The molecule has 14 heteroatoms. The maximum atomic E-state index is 15.0. The molecule has 2 heterocycles. The standard InChI is InChI=1S/C38H48N6O7S/c1-25-13-11-12-22-42(25)52(47,48)30-20-18-29(19-21-30)43(38(46)26(2)44-32-17-10-9-16-31(32)40-41-44)35(37(45)39-28-14-7-6-8-15-28)27-23-33(49-3)36(51-5)34(24-27)50-4/h9-10,16-21,23-26,28,35H,6-8,11-15,22H2,1-5H3,(H,39,45)/t25-,26-,35+/m0/s1. The smallest absolute Gasteiger partial charge is 0.252 e. The van der Waals surface area contributed by atoms with E-state index in [1.807, 2.05) is 31.2 Å². The molecule has 278 valence electrons. The van der Waals surface area contributed by atoms with Crippen LogP contribution in [0.3, 0.4) is 0 Å². The number of fused-ring (bicyclic) bond motifs is 1. The highest BCUT2D eigenvalue weighted by atomic mass is 32.2. The second kappa shape index (κ2) is 15.9. The molecule has 6 rings (SSSR count). The number of rotatable bonds is 12. The normalized spacial score (nSPS) is 18.4. The van der Waals surface area contributed by atoms with Crippen molar-refractivity contribution in [1.82, 2.24) is 24.6 Å². The van der Waals surface area contributed by atoms with Crippen LogP contribution in [0.1, 0.15) is 82.9 Å². The highest BCUT2D eigenvalue weighted by Crippen LogP contribution is 2.42. The van der Waals surface area contributed by atoms with Crippen LogP contribution < -0.4 is 24.4 Å². The lowest BCUT2D eigenvalue weighted by Crippen LogP contribution is -2.49. The second-order valence-electron chi connectivity index (χ2n) is 13.6. The van der Waals surface area contributed by atoms with Gasteiger partial charge in [-0.25, -0.2) is 13.1 Å². The summed E-state index contributed by atoms with van der Waals surface area (Å²) in [7, 11) is 0.666. The molecule has 1 aliphatic carbocycles. The van der Waals surface area contributed by atoms with E-state index in [4.69, 9.17) is 14.2 Å². The van der Waals surface area contributed by atoms with Gasteiger partial charge in [0, 0.05) is 24.3 Å². The number of carbonyl (C=O) groups excluding carboxylic acids is 2. The number of carbonyl (C=O) groups is 2. The molecule has 0 spiro atoms. The minimum Gasteiger partial charge on any atom is -0.493 e. The minimum atomic E-state index is -3.80. The number of aromatic nitrogens is 3. The first-order valence-corrected chi connectivity index (χ1v) is 19.4. The fourth-order valence-electron chi connectivity index (χ4n) is 7.43. The third-order valence-corrected chi connectivity index (χ3v) is 12.3. The van der Waals surface area contributed by atoms with Gasteiger partial charge in [-0.05, 0) is 93.6 Å². The SMILES string of the molecule is COc1cc([C@H](C(=O)NC2CCCCC2)N(C(=O)[C@H](C)n2nnc3ccccc32)c2ccc(S(=O)(=O)N3CCCC[C@@H]3C)cc2)cc(OC)c1OC. The lowest BCUT2D eigenvalue weighted by molar-refractivity contribution is -0.128. The highest BCUT2D eigenvalue weighted by molar-refractivity contribution is 7.89. The molecule has 1 N–H and O–H groups in total. The van der Waals surface area contributed by atoms with E-state index in [0.29, 0.717) is 46.1 Å². The van der Waals surface area contributed by atoms with Gasteiger partial charge in [-0.15, -0.1) is 5.10 Å². The van der Waals surface area contributed by atoms with Crippen molar-refractivity contribution in [3.8, 4) is 17.2 Å². The van der Waals surface area contributed by atoms with E-state index in [1.54, 1.807) is 35.5 Å². The number of amides is 2. The average molecular weight is 733 g/mol. The summed E-state index contributed by atoms with van der Waals surface area (Å²) in [6.07, 6.45) is 7.30. The molecule has 0 bridgehead atoms. The van der Waals surface area contributed by atoms with E-state index in [0.717, 1.165) is 51.4 Å².